The molecule has 132 valence electrons. The number of para-hydroxylation sites is 1. The van der Waals surface area contributed by atoms with Gasteiger partial charge in [-0.3, -0.25) is 9.59 Å². The molecule has 1 saturated heterocycles. The zero-order valence-corrected chi connectivity index (χ0v) is 15.5. The Hall–Kier alpha value is -2.28. The summed E-state index contributed by atoms with van der Waals surface area (Å²) in [4.78, 5) is 26.9. The molecule has 1 aliphatic heterocycles. The van der Waals surface area contributed by atoms with E-state index in [-0.39, 0.29) is 24.2 Å². The molecule has 6 nitrogen and oxygen atoms in total. The van der Waals surface area contributed by atoms with Crippen molar-refractivity contribution in [3.8, 4) is 0 Å². The number of aromatic nitrogens is 2. The Labute approximate surface area is 151 Å². The van der Waals surface area contributed by atoms with Gasteiger partial charge in [-0.05, 0) is 30.9 Å². The monoisotopic (exact) mass is 358 g/mol. The largest absolute Gasteiger partial charge is 0.311 e. The molecule has 0 radical (unpaired) electrons. The maximum Gasteiger partial charge on any atom is 0.231 e. The summed E-state index contributed by atoms with van der Waals surface area (Å²) in [7, 11) is 0. The van der Waals surface area contributed by atoms with Gasteiger partial charge in [0.1, 0.15) is 5.01 Å². The van der Waals surface area contributed by atoms with Gasteiger partial charge in [0.2, 0.25) is 16.9 Å². The molecule has 0 aliphatic carbocycles. The second-order valence-electron chi connectivity index (χ2n) is 6.15. The molecule has 0 spiro atoms. The fourth-order valence-electron chi connectivity index (χ4n) is 3.22. The smallest absolute Gasteiger partial charge is 0.231 e. The average Bonchev–Trinajstić information content (AvgIpc) is 3.19. The zero-order valence-electron chi connectivity index (χ0n) is 14.7. The Morgan fingerprint density at radius 3 is 2.52 bits per heavy atom. The molecule has 25 heavy (non-hydrogen) atoms. The first-order valence-electron chi connectivity index (χ1n) is 8.55. The fraction of sp³-hybridized carbons (Fsp3) is 0.444. The van der Waals surface area contributed by atoms with Crippen LogP contribution in [-0.2, 0) is 22.4 Å². The Bertz CT molecular complexity index is 780. The van der Waals surface area contributed by atoms with E-state index >= 15 is 0 Å². The number of hydrogen-bond donors (Lipinski definition) is 1. The van der Waals surface area contributed by atoms with Crippen LogP contribution in [0.3, 0.4) is 0 Å². The first kappa shape index (κ1) is 17.5. The molecule has 2 heterocycles. The van der Waals surface area contributed by atoms with Crippen molar-refractivity contribution in [2.75, 3.05) is 16.8 Å². The fourth-order valence-corrected chi connectivity index (χ4v) is 3.81. The summed E-state index contributed by atoms with van der Waals surface area (Å²) in [5.74, 6) is -0.533. The lowest BCUT2D eigenvalue weighted by molar-refractivity contribution is -0.122. The van der Waals surface area contributed by atoms with Crippen LogP contribution >= 0.6 is 11.3 Å². The Balaban J connectivity index is 1.80. The molecule has 1 atom stereocenters. The van der Waals surface area contributed by atoms with E-state index in [0.29, 0.717) is 11.7 Å². The van der Waals surface area contributed by atoms with Crippen LogP contribution in [0.15, 0.2) is 18.2 Å². The van der Waals surface area contributed by atoms with Crippen molar-refractivity contribution in [1.82, 2.24) is 10.2 Å². The molecule has 0 saturated carbocycles. The van der Waals surface area contributed by atoms with Gasteiger partial charge in [0.15, 0.2) is 0 Å². The predicted molar refractivity (Wildman–Crippen MR) is 98.9 cm³/mol. The quantitative estimate of drug-likeness (QED) is 0.892. The van der Waals surface area contributed by atoms with Gasteiger partial charge < -0.3 is 10.2 Å². The molecule has 0 bridgehead atoms. The summed E-state index contributed by atoms with van der Waals surface area (Å²) in [6.45, 7) is 6.41. The summed E-state index contributed by atoms with van der Waals surface area (Å²) < 4.78 is 0. The topological polar surface area (TPSA) is 75.2 Å². The van der Waals surface area contributed by atoms with Crippen LogP contribution in [0.5, 0.6) is 0 Å². The van der Waals surface area contributed by atoms with Gasteiger partial charge in [-0.1, -0.05) is 43.4 Å². The molecular weight excluding hydrogens is 336 g/mol. The molecule has 7 heteroatoms. The number of carbonyl (C=O) groups is 2. The third-order valence-corrected chi connectivity index (χ3v) is 5.24. The van der Waals surface area contributed by atoms with Crippen molar-refractivity contribution >= 4 is 34.0 Å². The van der Waals surface area contributed by atoms with Gasteiger partial charge in [-0.15, -0.1) is 10.2 Å². The van der Waals surface area contributed by atoms with E-state index in [1.807, 2.05) is 13.0 Å². The second kappa shape index (κ2) is 7.31. The van der Waals surface area contributed by atoms with E-state index in [9.17, 15) is 9.59 Å². The summed E-state index contributed by atoms with van der Waals surface area (Å²) in [5.41, 5.74) is 3.28. The molecule has 1 N–H and O–H groups in total. The number of carbonyl (C=O) groups excluding carboxylic acids is 2. The first-order valence-corrected chi connectivity index (χ1v) is 9.37. The van der Waals surface area contributed by atoms with Crippen LogP contribution in [0, 0.1) is 12.8 Å². The first-order chi connectivity index (χ1) is 12.0. The summed E-state index contributed by atoms with van der Waals surface area (Å²) in [6, 6.07) is 6.14. The normalized spacial score (nSPS) is 17.2. The van der Waals surface area contributed by atoms with E-state index in [2.05, 4.69) is 41.5 Å². The van der Waals surface area contributed by atoms with Crippen molar-refractivity contribution in [3.05, 3.63) is 34.3 Å². The SMILES string of the molecule is CCc1cccc(CC)c1N1C[C@@H](C(=O)Nc2nnc(C)s2)CC1=O. The van der Waals surface area contributed by atoms with Crippen molar-refractivity contribution < 1.29 is 9.59 Å². The van der Waals surface area contributed by atoms with Gasteiger partial charge in [0, 0.05) is 18.7 Å². The number of rotatable bonds is 5. The lowest BCUT2D eigenvalue weighted by atomic mass is 10.0. The van der Waals surface area contributed by atoms with Crippen LogP contribution < -0.4 is 10.2 Å². The highest BCUT2D eigenvalue weighted by molar-refractivity contribution is 7.15. The molecule has 1 aliphatic rings. The van der Waals surface area contributed by atoms with Gasteiger partial charge in [0.05, 0.1) is 5.92 Å². The van der Waals surface area contributed by atoms with Gasteiger partial charge in [-0.2, -0.15) is 0 Å². The number of anilines is 2. The molecule has 1 fully saturated rings. The predicted octanol–water partition coefficient (Wildman–Crippen LogP) is 2.96. The highest BCUT2D eigenvalue weighted by Crippen LogP contribution is 2.32. The standard InChI is InChI=1S/C18H22N4O2S/c1-4-12-7-6-8-13(5-2)16(12)22-10-14(9-15(22)23)17(24)19-18-21-20-11(3)25-18/h6-8,14H,4-5,9-10H2,1-3H3,(H,19,21,24)/t14-/m0/s1. The highest BCUT2D eigenvalue weighted by Gasteiger charge is 2.36. The number of nitrogens with one attached hydrogen (secondary N) is 1. The summed E-state index contributed by atoms with van der Waals surface area (Å²) >= 11 is 1.33. The van der Waals surface area contributed by atoms with Crippen LogP contribution in [0.4, 0.5) is 10.8 Å². The minimum Gasteiger partial charge on any atom is -0.311 e. The number of hydrogen-bond acceptors (Lipinski definition) is 5. The molecular formula is C18H22N4O2S. The third-order valence-electron chi connectivity index (χ3n) is 4.49. The minimum absolute atomic E-state index is 0.00388. The molecule has 1 aromatic carbocycles. The lowest BCUT2D eigenvalue weighted by Crippen LogP contribution is -2.29. The average molecular weight is 358 g/mol. The van der Waals surface area contributed by atoms with E-state index < -0.39 is 0 Å². The lowest BCUT2D eigenvalue weighted by Gasteiger charge is -2.23. The third kappa shape index (κ3) is 3.56. The molecule has 1 aromatic heterocycles. The van der Waals surface area contributed by atoms with Crippen LogP contribution in [0.2, 0.25) is 0 Å². The van der Waals surface area contributed by atoms with E-state index in [1.54, 1.807) is 4.90 Å². The van der Waals surface area contributed by atoms with E-state index in [1.165, 1.54) is 11.3 Å². The Kier molecular flexibility index (Phi) is 5.13. The Morgan fingerprint density at radius 2 is 1.96 bits per heavy atom. The van der Waals surface area contributed by atoms with Crippen LogP contribution in [0.1, 0.15) is 36.4 Å². The number of amides is 2. The van der Waals surface area contributed by atoms with Crippen molar-refractivity contribution in [2.24, 2.45) is 5.92 Å². The summed E-state index contributed by atoms with van der Waals surface area (Å²) in [5, 5.41) is 11.9. The highest BCUT2D eigenvalue weighted by atomic mass is 32.1. The number of aryl methyl sites for hydroxylation is 3. The molecule has 0 unspecified atom stereocenters. The zero-order chi connectivity index (χ0) is 18.0. The number of benzene rings is 1. The second-order valence-corrected chi connectivity index (χ2v) is 7.33. The van der Waals surface area contributed by atoms with Crippen LogP contribution in [0.25, 0.3) is 0 Å². The minimum atomic E-state index is -0.369. The maximum atomic E-state index is 12.6. The van der Waals surface area contributed by atoms with Gasteiger partial charge in [0.25, 0.3) is 0 Å². The van der Waals surface area contributed by atoms with E-state index in [4.69, 9.17) is 0 Å². The van der Waals surface area contributed by atoms with Crippen molar-refractivity contribution in [3.63, 3.8) is 0 Å². The van der Waals surface area contributed by atoms with E-state index in [0.717, 1.165) is 34.7 Å². The maximum absolute atomic E-state index is 12.6. The number of nitrogens with zero attached hydrogens (tertiary/aromatic N) is 3. The Morgan fingerprint density at radius 1 is 1.28 bits per heavy atom. The van der Waals surface area contributed by atoms with Gasteiger partial charge >= 0.3 is 0 Å². The van der Waals surface area contributed by atoms with Crippen LogP contribution in [-0.4, -0.2) is 28.6 Å². The molecule has 2 amide bonds. The summed E-state index contributed by atoms with van der Waals surface area (Å²) in [6.07, 6.45) is 1.94. The van der Waals surface area contributed by atoms with Gasteiger partial charge in [-0.25, -0.2) is 0 Å². The van der Waals surface area contributed by atoms with Crippen molar-refractivity contribution in [2.45, 2.75) is 40.0 Å². The molecule has 2 aromatic rings. The molecule has 3 rings (SSSR count). The van der Waals surface area contributed by atoms with Crippen molar-refractivity contribution in [1.29, 1.82) is 0 Å².